The zero-order valence-electron chi connectivity index (χ0n) is 11.7. The molecule has 0 aliphatic rings. The molecule has 1 N–H and O–H groups in total. The van der Waals surface area contributed by atoms with Crippen molar-refractivity contribution in [2.24, 2.45) is 0 Å². The average molecular weight is 261 g/mol. The van der Waals surface area contributed by atoms with Gasteiger partial charge in [0, 0.05) is 5.56 Å². The second kappa shape index (κ2) is 5.84. The number of hydrogen-bond acceptors (Lipinski definition) is 5. The van der Waals surface area contributed by atoms with Crippen LogP contribution in [-0.2, 0) is 0 Å². The van der Waals surface area contributed by atoms with Gasteiger partial charge in [-0.15, -0.1) is 10.2 Å². The van der Waals surface area contributed by atoms with Gasteiger partial charge in [-0.2, -0.15) is 0 Å². The van der Waals surface area contributed by atoms with Crippen molar-refractivity contribution in [2.45, 2.75) is 32.9 Å². The van der Waals surface area contributed by atoms with Crippen molar-refractivity contribution in [3.8, 4) is 17.2 Å². The highest BCUT2D eigenvalue weighted by Gasteiger charge is 2.13. The van der Waals surface area contributed by atoms with Crippen LogP contribution in [0.4, 0.5) is 0 Å². The summed E-state index contributed by atoms with van der Waals surface area (Å²) in [6.45, 7) is 5.95. The maximum Gasteiger partial charge on any atom is 0.247 e. The van der Waals surface area contributed by atoms with Crippen molar-refractivity contribution in [1.29, 1.82) is 0 Å². The van der Waals surface area contributed by atoms with Crippen molar-refractivity contribution in [3.05, 3.63) is 30.2 Å². The molecule has 1 aromatic carbocycles. The molecule has 1 aromatic heterocycles. The Kier molecular flexibility index (Phi) is 4.16. The lowest BCUT2D eigenvalue weighted by Crippen LogP contribution is -2.12. The first kappa shape index (κ1) is 13.5. The van der Waals surface area contributed by atoms with Crippen molar-refractivity contribution < 1.29 is 9.15 Å². The smallest absolute Gasteiger partial charge is 0.247 e. The molecule has 2 aromatic rings. The van der Waals surface area contributed by atoms with Crippen molar-refractivity contribution in [3.63, 3.8) is 0 Å². The minimum Gasteiger partial charge on any atom is -0.491 e. The number of benzene rings is 1. The van der Waals surface area contributed by atoms with E-state index in [4.69, 9.17) is 9.15 Å². The Hall–Kier alpha value is -1.88. The predicted octanol–water partition coefficient (Wildman–Crippen LogP) is 2.80. The first-order chi connectivity index (χ1) is 9.10. The van der Waals surface area contributed by atoms with Gasteiger partial charge >= 0.3 is 0 Å². The van der Waals surface area contributed by atoms with Crippen LogP contribution >= 0.6 is 0 Å². The Balaban J connectivity index is 2.24. The maximum absolute atomic E-state index is 5.65. The molecule has 5 nitrogen and oxygen atoms in total. The highest BCUT2D eigenvalue weighted by molar-refractivity contribution is 5.55. The Labute approximate surface area is 113 Å². The number of nitrogens with zero attached hydrogens (tertiary/aromatic N) is 2. The van der Waals surface area contributed by atoms with Gasteiger partial charge < -0.3 is 14.5 Å². The molecule has 0 saturated heterocycles. The van der Waals surface area contributed by atoms with Crippen molar-refractivity contribution >= 4 is 0 Å². The van der Waals surface area contributed by atoms with Crippen LogP contribution in [0.2, 0.25) is 0 Å². The molecular weight excluding hydrogens is 242 g/mol. The standard InChI is InChI=1S/C14H19N3O2/c1-9(2)18-12-7-5-6-11(8-12)14-17-16-13(19-14)10(3)15-4/h5-10,15H,1-4H3. The molecule has 0 spiro atoms. The first-order valence-electron chi connectivity index (χ1n) is 6.38. The zero-order chi connectivity index (χ0) is 13.8. The van der Waals surface area contributed by atoms with Gasteiger partial charge in [-0.1, -0.05) is 6.07 Å². The summed E-state index contributed by atoms with van der Waals surface area (Å²) in [7, 11) is 1.85. The highest BCUT2D eigenvalue weighted by Crippen LogP contribution is 2.24. The van der Waals surface area contributed by atoms with E-state index in [1.54, 1.807) is 0 Å². The summed E-state index contributed by atoms with van der Waals surface area (Å²) in [5, 5.41) is 11.2. The van der Waals surface area contributed by atoms with E-state index in [0.29, 0.717) is 11.8 Å². The van der Waals surface area contributed by atoms with E-state index >= 15 is 0 Å². The van der Waals surface area contributed by atoms with Crippen LogP contribution in [0.15, 0.2) is 28.7 Å². The molecule has 0 fully saturated rings. The third-order valence-electron chi connectivity index (χ3n) is 2.70. The quantitative estimate of drug-likeness (QED) is 0.896. The topological polar surface area (TPSA) is 60.2 Å². The summed E-state index contributed by atoms with van der Waals surface area (Å²) in [6, 6.07) is 7.70. The second-order valence-corrected chi connectivity index (χ2v) is 4.65. The molecule has 0 aliphatic heterocycles. The molecule has 5 heteroatoms. The third kappa shape index (κ3) is 3.32. The molecule has 0 aliphatic carbocycles. The van der Waals surface area contributed by atoms with Gasteiger partial charge in [-0.25, -0.2) is 0 Å². The Morgan fingerprint density at radius 2 is 2.00 bits per heavy atom. The van der Waals surface area contributed by atoms with Gasteiger partial charge in [0.05, 0.1) is 12.1 Å². The summed E-state index contributed by atoms with van der Waals surface area (Å²) in [6.07, 6.45) is 0.137. The van der Waals surface area contributed by atoms with Gasteiger partial charge in [0.15, 0.2) is 0 Å². The molecule has 0 saturated carbocycles. The molecule has 2 rings (SSSR count). The lowest BCUT2D eigenvalue weighted by molar-refractivity contribution is 0.242. The highest BCUT2D eigenvalue weighted by atomic mass is 16.5. The van der Waals surface area contributed by atoms with Crippen LogP contribution in [0.3, 0.4) is 0 Å². The molecule has 0 amide bonds. The van der Waals surface area contributed by atoms with E-state index in [1.807, 2.05) is 52.1 Å². The zero-order valence-corrected chi connectivity index (χ0v) is 11.7. The Morgan fingerprint density at radius 1 is 1.21 bits per heavy atom. The van der Waals surface area contributed by atoms with Crippen LogP contribution < -0.4 is 10.1 Å². The van der Waals surface area contributed by atoms with E-state index in [9.17, 15) is 0 Å². The van der Waals surface area contributed by atoms with Crippen molar-refractivity contribution in [1.82, 2.24) is 15.5 Å². The summed E-state index contributed by atoms with van der Waals surface area (Å²) < 4.78 is 11.3. The lowest BCUT2D eigenvalue weighted by Gasteiger charge is -2.09. The van der Waals surface area contributed by atoms with Crippen LogP contribution in [0, 0.1) is 0 Å². The van der Waals surface area contributed by atoms with Crippen LogP contribution in [0.1, 0.15) is 32.7 Å². The van der Waals surface area contributed by atoms with Gasteiger partial charge in [0.25, 0.3) is 0 Å². The number of aromatic nitrogens is 2. The summed E-state index contributed by atoms with van der Waals surface area (Å²) in [5.41, 5.74) is 0.861. The molecule has 1 unspecified atom stereocenters. The third-order valence-corrected chi connectivity index (χ3v) is 2.70. The number of rotatable bonds is 5. The molecule has 102 valence electrons. The van der Waals surface area contributed by atoms with E-state index in [2.05, 4.69) is 15.5 Å². The van der Waals surface area contributed by atoms with E-state index in [-0.39, 0.29) is 12.1 Å². The number of hydrogen-bond donors (Lipinski definition) is 1. The monoisotopic (exact) mass is 261 g/mol. The first-order valence-corrected chi connectivity index (χ1v) is 6.38. The molecule has 0 radical (unpaired) electrons. The molecule has 1 heterocycles. The normalized spacial score (nSPS) is 12.7. The number of ether oxygens (including phenoxy) is 1. The Bertz CT molecular complexity index is 537. The predicted molar refractivity (Wildman–Crippen MR) is 73.0 cm³/mol. The Morgan fingerprint density at radius 3 is 2.68 bits per heavy atom. The van der Waals surface area contributed by atoms with Gasteiger partial charge in [-0.3, -0.25) is 0 Å². The van der Waals surface area contributed by atoms with E-state index in [1.165, 1.54) is 0 Å². The van der Waals surface area contributed by atoms with Crippen LogP contribution in [-0.4, -0.2) is 23.3 Å². The lowest BCUT2D eigenvalue weighted by atomic mass is 10.2. The van der Waals surface area contributed by atoms with Gasteiger partial charge in [-0.05, 0) is 46.0 Å². The summed E-state index contributed by atoms with van der Waals surface area (Å²) in [5.74, 6) is 1.88. The van der Waals surface area contributed by atoms with E-state index in [0.717, 1.165) is 11.3 Å². The molecule has 0 bridgehead atoms. The average Bonchev–Trinajstić information content (AvgIpc) is 2.87. The minimum atomic E-state index is 0.0383. The van der Waals surface area contributed by atoms with Crippen molar-refractivity contribution in [2.75, 3.05) is 7.05 Å². The largest absolute Gasteiger partial charge is 0.491 e. The molecule has 1 atom stereocenters. The minimum absolute atomic E-state index is 0.0383. The fraction of sp³-hybridized carbons (Fsp3) is 0.429. The fourth-order valence-electron chi connectivity index (χ4n) is 1.62. The van der Waals surface area contributed by atoms with Crippen LogP contribution in [0.5, 0.6) is 5.75 Å². The second-order valence-electron chi connectivity index (χ2n) is 4.65. The molecular formula is C14H19N3O2. The van der Waals surface area contributed by atoms with E-state index < -0.39 is 0 Å². The van der Waals surface area contributed by atoms with Gasteiger partial charge in [0.2, 0.25) is 11.8 Å². The summed E-state index contributed by atoms with van der Waals surface area (Å²) >= 11 is 0. The number of nitrogens with one attached hydrogen (secondary N) is 1. The summed E-state index contributed by atoms with van der Waals surface area (Å²) in [4.78, 5) is 0. The maximum atomic E-state index is 5.65. The molecule has 19 heavy (non-hydrogen) atoms. The van der Waals surface area contributed by atoms with Crippen LogP contribution in [0.25, 0.3) is 11.5 Å². The fourth-order valence-corrected chi connectivity index (χ4v) is 1.62. The SMILES string of the molecule is CNC(C)c1nnc(-c2cccc(OC(C)C)c2)o1. The van der Waals surface area contributed by atoms with Gasteiger partial charge in [0.1, 0.15) is 5.75 Å².